The maximum atomic E-state index is 2.44. The van der Waals surface area contributed by atoms with Gasteiger partial charge in [-0.3, -0.25) is 0 Å². The molecule has 64 heavy (non-hydrogen) atoms. The topological polar surface area (TPSA) is 3.24 Å². The Kier molecular flexibility index (Phi) is 8.91. The van der Waals surface area contributed by atoms with E-state index in [2.05, 4.69) is 255 Å². The van der Waals surface area contributed by atoms with Gasteiger partial charge in [0.2, 0.25) is 0 Å². The van der Waals surface area contributed by atoms with Gasteiger partial charge < -0.3 is 4.90 Å². The van der Waals surface area contributed by atoms with Crippen LogP contribution in [0.5, 0.6) is 0 Å². The first-order chi connectivity index (χ1) is 31.5. The molecule has 1 aliphatic carbocycles. The fourth-order valence-corrected chi connectivity index (χ4v) is 10.6. The van der Waals surface area contributed by atoms with E-state index >= 15 is 0 Å². The van der Waals surface area contributed by atoms with Gasteiger partial charge in [-0.15, -0.1) is 0 Å². The van der Waals surface area contributed by atoms with Crippen LogP contribution in [0.1, 0.15) is 25.0 Å². The van der Waals surface area contributed by atoms with Gasteiger partial charge >= 0.3 is 0 Å². The zero-order valence-corrected chi connectivity index (χ0v) is 36.0. The lowest BCUT2D eigenvalue weighted by molar-refractivity contribution is 0.660. The molecule has 1 aliphatic rings. The second-order valence-corrected chi connectivity index (χ2v) is 17.6. The van der Waals surface area contributed by atoms with Gasteiger partial charge in [0.05, 0.1) is 0 Å². The van der Waals surface area contributed by atoms with E-state index in [4.69, 9.17) is 0 Å². The summed E-state index contributed by atoms with van der Waals surface area (Å²) in [6, 6.07) is 87.1. The van der Waals surface area contributed by atoms with E-state index in [9.17, 15) is 0 Å². The van der Waals surface area contributed by atoms with Gasteiger partial charge in [0.1, 0.15) is 0 Å². The summed E-state index contributed by atoms with van der Waals surface area (Å²) in [4.78, 5) is 2.39. The van der Waals surface area contributed by atoms with Gasteiger partial charge in [-0.05, 0) is 148 Å². The first-order valence-electron chi connectivity index (χ1n) is 22.3. The van der Waals surface area contributed by atoms with Gasteiger partial charge in [-0.25, -0.2) is 0 Å². The van der Waals surface area contributed by atoms with Gasteiger partial charge in [0, 0.05) is 22.5 Å². The molecule has 0 spiro atoms. The van der Waals surface area contributed by atoms with Crippen LogP contribution in [0.25, 0.3) is 88.0 Å². The SMILES string of the molecule is CC1(C)c2ccccc2-c2ccc(N(c3ccccc3)c3ccc(-c4ccc5c(c4)c4ccccc4c4c(-c6ccccc6)cc(-c6ccccc6)c(-c6ccccc6)c54)cc3)cc21. The summed E-state index contributed by atoms with van der Waals surface area (Å²) in [7, 11) is 0. The van der Waals surface area contributed by atoms with Crippen LogP contribution in [0.2, 0.25) is 0 Å². The Balaban J connectivity index is 1.05. The highest BCUT2D eigenvalue weighted by molar-refractivity contribution is 6.33. The number of rotatable bonds is 7. The first-order valence-corrected chi connectivity index (χ1v) is 22.3. The molecule has 302 valence electrons. The van der Waals surface area contributed by atoms with Crippen molar-refractivity contribution in [1.29, 1.82) is 0 Å². The highest BCUT2D eigenvalue weighted by Gasteiger charge is 2.35. The molecule has 0 radical (unpaired) electrons. The quantitative estimate of drug-likeness (QED) is 0.145. The van der Waals surface area contributed by atoms with Crippen LogP contribution in [-0.4, -0.2) is 0 Å². The van der Waals surface area contributed by atoms with Crippen LogP contribution in [-0.2, 0) is 5.41 Å². The van der Waals surface area contributed by atoms with Crippen molar-refractivity contribution in [1.82, 2.24) is 0 Å². The average molecular weight is 816 g/mol. The van der Waals surface area contributed by atoms with E-state index in [1.165, 1.54) is 99.1 Å². The van der Waals surface area contributed by atoms with Crippen molar-refractivity contribution in [2.45, 2.75) is 19.3 Å². The fourth-order valence-electron chi connectivity index (χ4n) is 10.6. The zero-order valence-electron chi connectivity index (χ0n) is 36.0. The van der Waals surface area contributed by atoms with Gasteiger partial charge in [-0.1, -0.05) is 202 Å². The molecule has 1 nitrogen and oxygen atoms in total. The maximum absolute atomic E-state index is 2.44. The van der Waals surface area contributed by atoms with Crippen LogP contribution in [0.4, 0.5) is 17.1 Å². The molecule has 0 fully saturated rings. The van der Waals surface area contributed by atoms with Crippen molar-refractivity contribution in [3.8, 4) is 55.6 Å². The Hall–Kier alpha value is -8.00. The summed E-state index contributed by atoms with van der Waals surface area (Å²) in [5.74, 6) is 0. The number of para-hydroxylation sites is 1. The smallest absolute Gasteiger partial charge is 0.0465 e. The molecule has 0 saturated carbocycles. The largest absolute Gasteiger partial charge is 0.310 e. The fraction of sp³-hybridized carbons (Fsp3) is 0.0476. The van der Waals surface area contributed by atoms with E-state index < -0.39 is 0 Å². The van der Waals surface area contributed by atoms with Crippen LogP contribution >= 0.6 is 0 Å². The average Bonchev–Trinajstić information content (AvgIpc) is 3.59. The Morgan fingerprint density at radius 2 is 0.797 bits per heavy atom. The molecule has 0 amide bonds. The van der Waals surface area contributed by atoms with Gasteiger partial charge in [0.15, 0.2) is 0 Å². The van der Waals surface area contributed by atoms with Crippen molar-refractivity contribution in [2.24, 2.45) is 0 Å². The minimum atomic E-state index is -0.0895. The third-order valence-electron chi connectivity index (χ3n) is 13.6. The summed E-state index contributed by atoms with van der Waals surface area (Å²) >= 11 is 0. The monoisotopic (exact) mass is 815 g/mol. The second-order valence-electron chi connectivity index (χ2n) is 17.6. The van der Waals surface area contributed by atoms with Crippen LogP contribution < -0.4 is 4.90 Å². The predicted octanol–water partition coefficient (Wildman–Crippen LogP) is 17.6. The van der Waals surface area contributed by atoms with E-state index in [1.807, 2.05) is 0 Å². The number of fused-ring (bicyclic) bond motifs is 9. The summed E-state index contributed by atoms with van der Waals surface area (Å²) in [6.45, 7) is 4.71. The minimum Gasteiger partial charge on any atom is -0.310 e. The van der Waals surface area contributed by atoms with E-state index in [1.54, 1.807) is 0 Å². The molecule has 0 aliphatic heterocycles. The molecular formula is C63H45N. The number of hydrogen-bond donors (Lipinski definition) is 0. The number of nitrogens with zero attached hydrogens (tertiary/aromatic N) is 1. The molecule has 0 saturated heterocycles. The molecule has 11 aromatic rings. The molecule has 11 aromatic carbocycles. The minimum absolute atomic E-state index is 0.0895. The standard InChI is InChI=1S/C63H45N/c1-63(2)58-30-18-17-28-51(58)52-38-36-49(40-59(52)63)64(47-25-13-6-14-26-47)48-34-31-42(32-35-48)46-33-37-54-57(39-46)50-27-15-16-29-53(50)61-56(44-21-9-4-10-22-44)41-55(43-19-7-3-8-20-43)60(62(54)61)45-23-11-5-12-24-45/h3-41H,1-2H3. The lowest BCUT2D eigenvalue weighted by Crippen LogP contribution is -2.16. The van der Waals surface area contributed by atoms with E-state index in [-0.39, 0.29) is 5.41 Å². The molecule has 0 unspecified atom stereocenters. The first kappa shape index (κ1) is 37.7. The van der Waals surface area contributed by atoms with Crippen molar-refractivity contribution >= 4 is 49.4 Å². The van der Waals surface area contributed by atoms with Crippen molar-refractivity contribution in [3.05, 3.63) is 248 Å². The summed E-state index contributed by atoms with van der Waals surface area (Å²) < 4.78 is 0. The Morgan fingerprint density at radius 3 is 1.50 bits per heavy atom. The van der Waals surface area contributed by atoms with Crippen molar-refractivity contribution in [3.63, 3.8) is 0 Å². The highest BCUT2D eigenvalue weighted by Crippen LogP contribution is 2.52. The molecule has 1 heteroatoms. The Bertz CT molecular complexity index is 3540. The number of anilines is 3. The molecule has 0 heterocycles. The lowest BCUT2D eigenvalue weighted by Gasteiger charge is -2.28. The van der Waals surface area contributed by atoms with Crippen LogP contribution in [0.15, 0.2) is 237 Å². The molecule has 0 bridgehead atoms. The third kappa shape index (κ3) is 6.08. The molecule has 0 aromatic heterocycles. The third-order valence-corrected chi connectivity index (χ3v) is 13.6. The van der Waals surface area contributed by atoms with Crippen LogP contribution in [0.3, 0.4) is 0 Å². The zero-order chi connectivity index (χ0) is 42.8. The lowest BCUT2D eigenvalue weighted by atomic mass is 9.81. The van der Waals surface area contributed by atoms with Crippen LogP contribution in [0, 0.1) is 0 Å². The van der Waals surface area contributed by atoms with E-state index in [0.717, 1.165) is 17.1 Å². The van der Waals surface area contributed by atoms with Gasteiger partial charge in [-0.2, -0.15) is 0 Å². The normalized spacial score (nSPS) is 12.7. The highest BCUT2D eigenvalue weighted by atomic mass is 15.1. The number of benzene rings is 11. The molecule has 0 atom stereocenters. The van der Waals surface area contributed by atoms with E-state index in [0.29, 0.717) is 0 Å². The summed E-state index contributed by atoms with van der Waals surface area (Å²) in [5, 5.41) is 7.57. The van der Waals surface area contributed by atoms with Crippen molar-refractivity contribution < 1.29 is 0 Å². The molecule has 0 N–H and O–H groups in total. The molecule has 12 rings (SSSR count). The Labute approximate surface area is 375 Å². The van der Waals surface area contributed by atoms with Gasteiger partial charge in [0.25, 0.3) is 0 Å². The summed E-state index contributed by atoms with van der Waals surface area (Å²) in [6.07, 6.45) is 0. The molecular weight excluding hydrogens is 771 g/mol. The Morgan fingerprint density at radius 1 is 0.281 bits per heavy atom. The van der Waals surface area contributed by atoms with Crippen molar-refractivity contribution in [2.75, 3.05) is 4.90 Å². The second kappa shape index (κ2) is 15.1. The maximum Gasteiger partial charge on any atom is 0.0465 e. The predicted molar refractivity (Wildman–Crippen MR) is 273 cm³/mol. The number of hydrogen-bond acceptors (Lipinski definition) is 1. The summed E-state index contributed by atoms with van der Waals surface area (Å²) in [5.41, 5.74) is 18.5.